The van der Waals surface area contributed by atoms with E-state index < -0.39 is 0 Å². The van der Waals surface area contributed by atoms with E-state index in [4.69, 9.17) is 15.2 Å². The number of hydrogen-bond donors (Lipinski definition) is 2. The maximum atomic E-state index is 6.32. The Morgan fingerprint density at radius 1 is 1.03 bits per heavy atom. The van der Waals surface area contributed by atoms with Gasteiger partial charge in [-0.05, 0) is 91.7 Å². The maximum Gasteiger partial charge on any atom is 0.232 e. The molecule has 3 aromatic carbocycles. The van der Waals surface area contributed by atoms with Crippen LogP contribution in [0.5, 0.6) is 17.2 Å². The van der Waals surface area contributed by atoms with Crippen LogP contribution >= 0.6 is 31.9 Å². The third kappa shape index (κ3) is 5.78. The Hall–Kier alpha value is -3.43. The largest absolute Gasteiger partial charge is 0.485 e. The third-order valence-corrected chi connectivity index (χ3v) is 7.21. The van der Waals surface area contributed by atoms with E-state index >= 15 is 0 Å². The molecule has 7 nitrogen and oxygen atoms in total. The third-order valence-electron chi connectivity index (χ3n) is 5.83. The summed E-state index contributed by atoms with van der Waals surface area (Å²) < 4.78 is 14.3. The average molecular weight is 623 g/mol. The number of anilines is 3. The number of nitrogens with zero attached hydrogens (tertiary/aromatic N) is 3. The van der Waals surface area contributed by atoms with E-state index in [0.29, 0.717) is 11.8 Å². The second-order valence-corrected chi connectivity index (χ2v) is 10.5. The van der Waals surface area contributed by atoms with E-state index in [1.807, 2.05) is 48.5 Å². The van der Waals surface area contributed by atoms with E-state index in [-0.39, 0.29) is 18.5 Å². The van der Waals surface area contributed by atoms with Crippen molar-refractivity contribution >= 4 is 55.5 Å². The number of benzene rings is 3. The lowest BCUT2D eigenvalue weighted by molar-refractivity contribution is 0.291. The van der Waals surface area contributed by atoms with Crippen LogP contribution in [0.15, 0.2) is 69.6 Å². The molecule has 0 spiro atoms. The fourth-order valence-corrected chi connectivity index (χ4v) is 5.56. The summed E-state index contributed by atoms with van der Waals surface area (Å²) >= 11 is 7.38. The zero-order valence-electron chi connectivity index (χ0n) is 20.3. The number of allylic oxidation sites excluding steroid dienone is 1. The van der Waals surface area contributed by atoms with E-state index in [0.717, 1.165) is 49.4 Å². The van der Waals surface area contributed by atoms with Crippen molar-refractivity contribution in [3.8, 4) is 17.2 Å². The quantitative estimate of drug-likeness (QED) is 0.207. The van der Waals surface area contributed by atoms with E-state index in [1.54, 1.807) is 0 Å². The molecule has 3 N–H and O–H groups in total. The summed E-state index contributed by atoms with van der Waals surface area (Å²) in [6.07, 6.45) is 5.19. The minimum atomic E-state index is 0.125. The van der Waals surface area contributed by atoms with E-state index in [2.05, 4.69) is 84.2 Å². The molecule has 0 atom stereocenters. The van der Waals surface area contributed by atoms with Gasteiger partial charge in [-0.1, -0.05) is 44.2 Å². The summed E-state index contributed by atoms with van der Waals surface area (Å²) in [6.45, 7) is 4.37. The summed E-state index contributed by atoms with van der Waals surface area (Å²) in [7, 11) is 0. The molecule has 1 heterocycles. The molecule has 1 aliphatic rings. The zero-order chi connectivity index (χ0) is 25.9. The molecule has 37 heavy (non-hydrogen) atoms. The van der Waals surface area contributed by atoms with Crippen LogP contribution in [0, 0.1) is 0 Å². The molecule has 0 aliphatic heterocycles. The maximum absolute atomic E-state index is 6.32. The number of nitrogens with two attached hydrogens (primary N) is 1. The number of rotatable bonds is 8. The molecule has 0 fully saturated rings. The van der Waals surface area contributed by atoms with Gasteiger partial charge in [0, 0.05) is 11.3 Å². The van der Waals surface area contributed by atoms with Gasteiger partial charge in [0.25, 0.3) is 0 Å². The van der Waals surface area contributed by atoms with Crippen LogP contribution in [0.3, 0.4) is 0 Å². The predicted octanol–water partition coefficient (Wildman–Crippen LogP) is 7.79. The summed E-state index contributed by atoms with van der Waals surface area (Å²) in [6, 6.07) is 17.6. The summed E-state index contributed by atoms with van der Waals surface area (Å²) in [5.41, 5.74) is 10.2. The molecule has 1 aromatic heterocycles. The highest BCUT2D eigenvalue weighted by molar-refractivity contribution is 9.11. The first-order valence-electron chi connectivity index (χ1n) is 11.8. The molecule has 0 bridgehead atoms. The number of halogens is 2. The average Bonchev–Trinajstić information content (AvgIpc) is 3.34. The van der Waals surface area contributed by atoms with Gasteiger partial charge in [0.2, 0.25) is 11.9 Å². The van der Waals surface area contributed by atoms with Gasteiger partial charge in [-0.2, -0.15) is 15.0 Å². The topological polar surface area (TPSA) is 95.2 Å². The molecule has 188 valence electrons. The number of nitrogens with one attached hydrogen (secondary N) is 1. The van der Waals surface area contributed by atoms with E-state index in [9.17, 15) is 0 Å². The number of ether oxygens (including phenoxy) is 2. The van der Waals surface area contributed by atoms with Crippen molar-refractivity contribution in [2.75, 3.05) is 11.1 Å². The highest BCUT2D eigenvalue weighted by Gasteiger charge is 2.19. The van der Waals surface area contributed by atoms with Crippen molar-refractivity contribution in [2.45, 2.75) is 32.8 Å². The SMILES string of the molecule is CC(C)c1cc(Oc2c(Br)cc3c(c2Br)C=CC3)ccc1OCc1nc(N)nc(Nc2ccccc2)n1. The molecule has 0 saturated carbocycles. The number of aromatic nitrogens is 3. The monoisotopic (exact) mass is 621 g/mol. The molecular formula is C28H25Br2N5O2. The van der Waals surface area contributed by atoms with Crippen molar-refractivity contribution in [3.05, 3.63) is 92.1 Å². The lowest BCUT2D eigenvalue weighted by atomic mass is 10.0. The second-order valence-electron chi connectivity index (χ2n) is 8.85. The Labute approximate surface area is 232 Å². The summed E-state index contributed by atoms with van der Waals surface area (Å²) in [5.74, 6) is 3.32. The van der Waals surface area contributed by atoms with Crippen LogP contribution in [-0.2, 0) is 13.0 Å². The Balaban J connectivity index is 1.34. The predicted molar refractivity (Wildman–Crippen MR) is 153 cm³/mol. The minimum Gasteiger partial charge on any atom is -0.485 e. The minimum absolute atomic E-state index is 0.125. The highest BCUT2D eigenvalue weighted by Crippen LogP contribution is 2.44. The van der Waals surface area contributed by atoms with Gasteiger partial charge < -0.3 is 20.5 Å². The van der Waals surface area contributed by atoms with Crippen molar-refractivity contribution in [1.82, 2.24) is 15.0 Å². The Morgan fingerprint density at radius 3 is 2.62 bits per heavy atom. The Kier molecular flexibility index (Phi) is 7.43. The van der Waals surface area contributed by atoms with Crippen LogP contribution in [0.25, 0.3) is 6.08 Å². The lowest BCUT2D eigenvalue weighted by Gasteiger charge is -2.17. The lowest BCUT2D eigenvalue weighted by Crippen LogP contribution is -2.10. The smallest absolute Gasteiger partial charge is 0.232 e. The van der Waals surface area contributed by atoms with Crippen LogP contribution in [0.1, 0.15) is 42.3 Å². The van der Waals surface area contributed by atoms with Gasteiger partial charge in [-0.25, -0.2) is 0 Å². The van der Waals surface area contributed by atoms with Gasteiger partial charge in [0.15, 0.2) is 11.6 Å². The summed E-state index contributed by atoms with van der Waals surface area (Å²) in [5, 5.41) is 3.14. The Bertz CT molecular complexity index is 1480. The molecule has 4 aromatic rings. The molecule has 5 rings (SSSR count). The number of para-hydroxylation sites is 1. The molecule has 1 aliphatic carbocycles. The van der Waals surface area contributed by atoms with Gasteiger partial charge in [0.1, 0.15) is 18.1 Å². The second kappa shape index (κ2) is 10.9. The van der Waals surface area contributed by atoms with E-state index in [1.165, 1.54) is 5.56 Å². The van der Waals surface area contributed by atoms with Crippen molar-refractivity contribution < 1.29 is 9.47 Å². The fourth-order valence-electron chi connectivity index (χ4n) is 4.05. The van der Waals surface area contributed by atoms with Crippen molar-refractivity contribution in [3.63, 3.8) is 0 Å². The molecule has 0 saturated heterocycles. The van der Waals surface area contributed by atoms with Crippen molar-refractivity contribution in [2.24, 2.45) is 0 Å². The number of nitrogen functional groups attached to an aromatic ring is 1. The van der Waals surface area contributed by atoms with Crippen LogP contribution < -0.4 is 20.5 Å². The molecule has 9 heteroatoms. The molecule has 0 radical (unpaired) electrons. The molecule has 0 amide bonds. The number of hydrogen-bond acceptors (Lipinski definition) is 7. The first-order valence-corrected chi connectivity index (χ1v) is 13.4. The van der Waals surface area contributed by atoms with Crippen LogP contribution in [0.2, 0.25) is 0 Å². The first kappa shape index (κ1) is 25.2. The van der Waals surface area contributed by atoms with Crippen LogP contribution in [0.4, 0.5) is 17.6 Å². The molecule has 0 unspecified atom stereocenters. The van der Waals surface area contributed by atoms with Gasteiger partial charge in [-0.15, -0.1) is 0 Å². The van der Waals surface area contributed by atoms with Crippen molar-refractivity contribution in [1.29, 1.82) is 0 Å². The normalized spacial score (nSPS) is 12.0. The van der Waals surface area contributed by atoms with Gasteiger partial charge in [0.05, 0.1) is 8.95 Å². The zero-order valence-corrected chi connectivity index (χ0v) is 23.5. The number of fused-ring (bicyclic) bond motifs is 1. The standard InChI is InChI=1S/C28H25Br2N5O2/c1-16(2)21-14-19(37-26-22(29)13-17-7-6-10-20(17)25(26)30)11-12-23(21)36-15-24-33-27(31)35-28(34-24)32-18-8-4-3-5-9-18/h3-6,8-14,16H,7,15H2,1-2H3,(H3,31,32,33,34,35). The first-order chi connectivity index (χ1) is 17.9. The van der Waals surface area contributed by atoms with Gasteiger partial charge >= 0.3 is 0 Å². The van der Waals surface area contributed by atoms with Gasteiger partial charge in [-0.3, -0.25) is 0 Å². The fraction of sp³-hybridized carbons (Fsp3) is 0.179. The summed E-state index contributed by atoms with van der Waals surface area (Å²) in [4.78, 5) is 12.9. The Morgan fingerprint density at radius 2 is 1.84 bits per heavy atom. The van der Waals surface area contributed by atoms with Crippen LogP contribution in [-0.4, -0.2) is 15.0 Å². The highest BCUT2D eigenvalue weighted by atomic mass is 79.9. The molecular weight excluding hydrogens is 598 g/mol.